The van der Waals surface area contributed by atoms with Gasteiger partial charge < -0.3 is 9.47 Å². The van der Waals surface area contributed by atoms with E-state index >= 15 is 0 Å². The molecule has 23 heavy (non-hydrogen) atoms. The number of anilines is 1. The first-order valence-electron chi connectivity index (χ1n) is 8.33. The second-order valence-corrected chi connectivity index (χ2v) is 6.36. The van der Waals surface area contributed by atoms with Gasteiger partial charge in [0.1, 0.15) is 6.54 Å². The van der Waals surface area contributed by atoms with E-state index in [1.807, 2.05) is 39.9 Å². The monoisotopic (exact) mass is 308 g/mol. The summed E-state index contributed by atoms with van der Waals surface area (Å²) in [5, 5.41) is 0. The van der Waals surface area contributed by atoms with Gasteiger partial charge in [-0.05, 0) is 43.4 Å². The Kier molecular flexibility index (Phi) is 3.52. The van der Waals surface area contributed by atoms with Gasteiger partial charge in [0.05, 0.1) is 0 Å². The lowest BCUT2D eigenvalue weighted by molar-refractivity contribution is -0.119. The highest BCUT2D eigenvalue weighted by molar-refractivity contribution is 5.99. The maximum Gasteiger partial charge on any atom is 0.246 e. The van der Waals surface area contributed by atoms with Crippen LogP contribution in [0.2, 0.25) is 0 Å². The summed E-state index contributed by atoms with van der Waals surface area (Å²) in [5.41, 5.74) is 4.13. The molecule has 0 saturated heterocycles. The zero-order chi connectivity index (χ0) is 15.8. The van der Waals surface area contributed by atoms with E-state index in [0.29, 0.717) is 13.0 Å². The summed E-state index contributed by atoms with van der Waals surface area (Å²) in [4.78, 5) is 26.7. The predicted molar refractivity (Wildman–Crippen MR) is 88.8 cm³/mol. The summed E-state index contributed by atoms with van der Waals surface area (Å²) in [6.07, 6.45) is 6.33. The maximum absolute atomic E-state index is 12.8. The molecule has 1 aliphatic heterocycles. The Bertz CT molecular complexity index is 775. The summed E-state index contributed by atoms with van der Waals surface area (Å²) in [7, 11) is 0. The van der Waals surface area contributed by atoms with Crippen LogP contribution in [0.5, 0.6) is 0 Å². The second-order valence-electron chi connectivity index (χ2n) is 6.36. The number of hydrogen-bond donors (Lipinski definition) is 0. The zero-order valence-corrected chi connectivity index (χ0v) is 13.1. The number of hydrogen-bond acceptors (Lipinski definition) is 2. The lowest BCUT2D eigenvalue weighted by Crippen LogP contribution is -2.38. The SMILES string of the molecule is O=C1CCCc2c1ccn2CC(=O)N1CCCc2ccccc21. The number of carbonyl (C=O) groups is 2. The molecule has 2 heterocycles. The van der Waals surface area contributed by atoms with E-state index in [9.17, 15) is 9.59 Å². The summed E-state index contributed by atoms with van der Waals surface area (Å²) >= 11 is 0. The van der Waals surface area contributed by atoms with Gasteiger partial charge in [0.25, 0.3) is 0 Å². The minimum Gasteiger partial charge on any atom is -0.341 e. The van der Waals surface area contributed by atoms with Crippen LogP contribution in [0.1, 0.15) is 40.9 Å². The minimum atomic E-state index is 0.105. The third-order valence-corrected chi connectivity index (χ3v) is 4.91. The minimum absolute atomic E-state index is 0.105. The van der Waals surface area contributed by atoms with Gasteiger partial charge in [-0.1, -0.05) is 18.2 Å². The normalized spacial score (nSPS) is 16.9. The summed E-state index contributed by atoms with van der Waals surface area (Å²) < 4.78 is 1.96. The van der Waals surface area contributed by atoms with E-state index < -0.39 is 0 Å². The van der Waals surface area contributed by atoms with E-state index in [2.05, 4.69) is 6.07 Å². The van der Waals surface area contributed by atoms with Crippen molar-refractivity contribution in [2.24, 2.45) is 0 Å². The molecule has 0 N–H and O–H groups in total. The van der Waals surface area contributed by atoms with Crippen LogP contribution >= 0.6 is 0 Å². The Morgan fingerprint density at radius 2 is 1.91 bits per heavy atom. The molecule has 0 saturated carbocycles. The molecule has 0 fully saturated rings. The Hall–Kier alpha value is -2.36. The lowest BCUT2D eigenvalue weighted by Gasteiger charge is -2.30. The molecular formula is C19H20N2O2. The van der Waals surface area contributed by atoms with Crippen molar-refractivity contribution in [2.75, 3.05) is 11.4 Å². The van der Waals surface area contributed by atoms with Crippen LogP contribution in [-0.4, -0.2) is 22.8 Å². The number of ketones is 1. The van der Waals surface area contributed by atoms with Gasteiger partial charge in [-0.15, -0.1) is 0 Å². The molecule has 1 aromatic carbocycles. The number of nitrogens with zero attached hydrogens (tertiary/aromatic N) is 2. The van der Waals surface area contributed by atoms with Gasteiger partial charge >= 0.3 is 0 Å². The molecule has 2 aromatic rings. The van der Waals surface area contributed by atoms with Crippen LogP contribution in [0.3, 0.4) is 0 Å². The predicted octanol–water partition coefficient (Wildman–Crippen LogP) is 2.99. The van der Waals surface area contributed by atoms with Crippen molar-refractivity contribution in [3.63, 3.8) is 0 Å². The summed E-state index contributed by atoms with van der Waals surface area (Å²) in [5.74, 6) is 0.314. The van der Waals surface area contributed by atoms with Crippen LogP contribution in [0, 0.1) is 0 Å². The first kappa shape index (κ1) is 14.2. The van der Waals surface area contributed by atoms with Crippen molar-refractivity contribution in [3.8, 4) is 0 Å². The molecular weight excluding hydrogens is 288 g/mol. The molecule has 2 aliphatic rings. The number of aryl methyl sites for hydroxylation is 1. The largest absolute Gasteiger partial charge is 0.341 e. The Morgan fingerprint density at radius 3 is 2.83 bits per heavy atom. The van der Waals surface area contributed by atoms with Gasteiger partial charge in [0.2, 0.25) is 5.91 Å². The van der Waals surface area contributed by atoms with Gasteiger partial charge in [-0.25, -0.2) is 0 Å². The average molecular weight is 308 g/mol. The van der Waals surface area contributed by atoms with E-state index in [1.54, 1.807) is 0 Å². The summed E-state index contributed by atoms with van der Waals surface area (Å²) in [6.45, 7) is 1.09. The number of aromatic nitrogens is 1. The van der Waals surface area contributed by atoms with Crippen LogP contribution in [0.15, 0.2) is 36.5 Å². The highest BCUT2D eigenvalue weighted by atomic mass is 16.2. The van der Waals surface area contributed by atoms with Crippen molar-refractivity contribution in [2.45, 2.75) is 38.6 Å². The van der Waals surface area contributed by atoms with Crippen molar-refractivity contribution < 1.29 is 9.59 Å². The van der Waals surface area contributed by atoms with Crippen LogP contribution in [-0.2, 0) is 24.2 Å². The molecule has 1 amide bonds. The number of amides is 1. The van der Waals surface area contributed by atoms with Gasteiger partial charge in [0.15, 0.2) is 5.78 Å². The quantitative estimate of drug-likeness (QED) is 0.856. The van der Waals surface area contributed by atoms with Crippen LogP contribution in [0.25, 0.3) is 0 Å². The smallest absolute Gasteiger partial charge is 0.246 e. The average Bonchev–Trinajstić information content (AvgIpc) is 2.99. The van der Waals surface area contributed by atoms with Crippen molar-refractivity contribution >= 4 is 17.4 Å². The molecule has 0 spiro atoms. The molecule has 0 bridgehead atoms. The second kappa shape index (κ2) is 5.69. The number of carbonyl (C=O) groups excluding carboxylic acids is 2. The molecule has 0 atom stereocenters. The molecule has 4 nitrogen and oxygen atoms in total. The van der Waals surface area contributed by atoms with Crippen LogP contribution in [0.4, 0.5) is 5.69 Å². The zero-order valence-electron chi connectivity index (χ0n) is 13.1. The molecule has 4 heteroatoms. The molecule has 118 valence electrons. The molecule has 4 rings (SSSR count). The summed E-state index contributed by atoms with van der Waals surface area (Å²) in [6, 6.07) is 10.0. The fraction of sp³-hybridized carbons (Fsp3) is 0.368. The Labute approximate surface area is 135 Å². The van der Waals surface area contributed by atoms with E-state index in [1.165, 1.54) is 5.56 Å². The first-order valence-corrected chi connectivity index (χ1v) is 8.33. The molecule has 1 aromatic heterocycles. The number of fused-ring (bicyclic) bond motifs is 2. The highest BCUT2D eigenvalue weighted by Crippen LogP contribution is 2.28. The molecule has 1 aliphatic carbocycles. The van der Waals surface area contributed by atoms with E-state index in [-0.39, 0.29) is 11.7 Å². The third kappa shape index (κ3) is 2.48. The Balaban J connectivity index is 1.59. The van der Waals surface area contributed by atoms with Crippen molar-refractivity contribution in [1.29, 1.82) is 0 Å². The number of rotatable bonds is 2. The van der Waals surface area contributed by atoms with Gasteiger partial charge in [-0.3, -0.25) is 9.59 Å². The Morgan fingerprint density at radius 1 is 1.04 bits per heavy atom. The molecule has 0 radical (unpaired) electrons. The number of Topliss-reactive ketones (excluding diaryl/α,β-unsaturated/α-hetero) is 1. The van der Waals surface area contributed by atoms with Crippen molar-refractivity contribution in [3.05, 3.63) is 53.3 Å². The molecule has 0 unspecified atom stereocenters. The topological polar surface area (TPSA) is 42.3 Å². The van der Waals surface area contributed by atoms with Crippen LogP contribution < -0.4 is 4.90 Å². The van der Waals surface area contributed by atoms with Gasteiger partial charge in [0, 0.05) is 36.1 Å². The maximum atomic E-state index is 12.8. The fourth-order valence-electron chi connectivity index (χ4n) is 3.76. The highest BCUT2D eigenvalue weighted by Gasteiger charge is 2.25. The standard InChI is InChI=1S/C19H20N2O2/c22-18-9-3-8-17-15(18)10-12-20(17)13-19(23)21-11-4-6-14-5-1-2-7-16(14)21/h1-2,5,7,10,12H,3-4,6,8-9,11,13H2. The number of benzene rings is 1. The number of para-hydroxylation sites is 1. The van der Waals surface area contributed by atoms with E-state index in [0.717, 1.165) is 49.2 Å². The van der Waals surface area contributed by atoms with Gasteiger partial charge in [-0.2, -0.15) is 0 Å². The van der Waals surface area contributed by atoms with E-state index in [4.69, 9.17) is 0 Å². The first-order chi connectivity index (χ1) is 11.2. The third-order valence-electron chi connectivity index (χ3n) is 4.91. The lowest BCUT2D eigenvalue weighted by atomic mass is 9.97. The van der Waals surface area contributed by atoms with Crippen molar-refractivity contribution in [1.82, 2.24) is 4.57 Å². The fourth-order valence-corrected chi connectivity index (χ4v) is 3.76.